The van der Waals surface area contributed by atoms with Crippen molar-refractivity contribution in [3.63, 3.8) is 0 Å². The van der Waals surface area contributed by atoms with Crippen LogP contribution in [0.5, 0.6) is 0 Å². The summed E-state index contributed by atoms with van der Waals surface area (Å²) in [6, 6.07) is 4.09. The highest BCUT2D eigenvalue weighted by molar-refractivity contribution is 5.82. The van der Waals surface area contributed by atoms with Gasteiger partial charge in [0.15, 0.2) is 11.6 Å². The molecule has 0 saturated heterocycles. The number of carbonyl (C=O) groups is 1. The summed E-state index contributed by atoms with van der Waals surface area (Å²) >= 11 is 0. The number of hydrogen-bond acceptors (Lipinski definition) is 2. The van der Waals surface area contributed by atoms with Gasteiger partial charge in [-0.2, -0.15) is 0 Å². The lowest BCUT2D eigenvalue weighted by Gasteiger charge is -2.28. The Morgan fingerprint density at radius 3 is 2.57 bits per heavy atom. The molecular weight excluding hydrogens is 274 g/mol. The van der Waals surface area contributed by atoms with Gasteiger partial charge < -0.3 is 4.74 Å². The number of esters is 1. The van der Waals surface area contributed by atoms with E-state index in [1.165, 1.54) is 18.2 Å². The molecule has 0 aromatic heterocycles. The maximum absolute atomic E-state index is 13.2. The highest BCUT2D eigenvalue weighted by atomic mass is 19.2. The Balaban J connectivity index is 1.86. The average molecular weight is 294 g/mol. The van der Waals surface area contributed by atoms with Crippen LogP contribution in [0.25, 0.3) is 0 Å². The van der Waals surface area contributed by atoms with Crippen molar-refractivity contribution in [1.29, 1.82) is 0 Å². The standard InChI is InChI=1S/C17H20F2O2/c1-2-3-4-17(20)21-14-8-5-12(6-9-14)13-7-10-15(18)16(19)11-13/h3-4,7,10-12,14H,2,5-6,8-9H2,1H3/b4-3+. The minimum Gasteiger partial charge on any atom is -0.459 e. The van der Waals surface area contributed by atoms with E-state index >= 15 is 0 Å². The SMILES string of the molecule is CC/C=C/C(=O)OC1CCC(c2ccc(F)c(F)c2)CC1. The zero-order valence-corrected chi connectivity index (χ0v) is 12.1. The topological polar surface area (TPSA) is 26.3 Å². The fourth-order valence-electron chi connectivity index (χ4n) is 2.70. The first-order valence-corrected chi connectivity index (χ1v) is 7.42. The number of allylic oxidation sites excluding steroid dienone is 1. The quantitative estimate of drug-likeness (QED) is 0.603. The molecule has 114 valence electrons. The van der Waals surface area contributed by atoms with E-state index in [2.05, 4.69) is 0 Å². The lowest BCUT2D eigenvalue weighted by atomic mass is 9.82. The first-order valence-electron chi connectivity index (χ1n) is 7.42. The van der Waals surface area contributed by atoms with Crippen molar-refractivity contribution in [1.82, 2.24) is 0 Å². The molecule has 0 spiro atoms. The van der Waals surface area contributed by atoms with Crippen LogP contribution < -0.4 is 0 Å². The summed E-state index contributed by atoms with van der Waals surface area (Å²) in [5, 5.41) is 0. The van der Waals surface area contributed by atoms with Crippen molar-refractivity contribution in [3.8, 4) is 0 Å². The Labute approximate surface area is 123 Å². The zero-order chi connectivity index (χ0) is 15.2. The maximum Gasteiger partial charge on any atom is 0.330 e. The second-order valence-corrected chi connectivity index (χ2v) is 5.39. The molecule has 4 heteroatoms. The smallest absolute Gasteiger partial charge is 0.330 e. The van der Waals surface area contributed by atoms with Crippen LogP contribution in [0.3, 0.4) is 0 Å². The summed E-state index contributed by atoms with van der Waals surface area (Å²) < 4.78 is 31.5. The second-order valence-electron chi connectivity index (χ2n) is 5.39. The predicted molar refractivity (Wildman–Crippen MR) is 76.9 cm³/mol. The third kappa shape index (κ3) is 4.38. The molecule has 1 saturated carbocycles. The minimum absolute atomic E-state index is 0.0689. The van der Waals surface area contributed by atoms with E-state index in [4.69, 9.17) is 4.74 Å². The number of rotatable bonds is 4. The van der Waals surface area contributed by atoms with E-state index in [1.807, 2.05) is 6.92 Å². The van der Waals surface area contributed by atoms with Crippen LogP contribution in [0, 0.1) is 11.6 Å². The lowest BCUT2D eigenvalue weighted by Crippen LogP contribution is -2.23. The van der Waals surface area contributed by atoms with E-state index in [-0.39, 0.29) is 18.0 Å². The molecule has 1 aliphatic carbocycles. The first kappa shape index (κ1) is 15.7. The Hall–Kier alpha value is -1.71. The maximum atomic E-state index is 13.2. The highest BCUT2D eigenvalue weighted by Crippen LogP contribution is 2.34. The third-order valence-electron chi connectivity index (χ3n) is 3.86. The van der Waals surface area contributed by atoms with Crippen LogP contribution in [0.4, 0.5) is 8.78 Å². The molecule has 0 atom stereocenters. The second kappa shape index (κ2) is 7.34. The van der Waals surface area contributed by atoms with E-state index in [0.29, 0.717) is 0 Å². The van der Waals surface area contributed by atoms with E-state index in [1.54, 1.807) is 12.1 Å². The van der Waals surface area contributed by atoms with Crippen molar-refractivity contribution >= 4 is 5.97 Å². The van der Waals surface area contributed by atoms with Gasteiger partial charge in [0.25, 0.3) is 0 Å². The molecule has 1 aromatic carbocycles. The van der Waals surface area contributed by atoms with Gasteiger partial charge >= 0.3 is 5.97 Å². The number of benzene rings is 1. The Kier molecular flexibility index (Phi) is 5.48. The molecule has 0 amide bonds. The Morgan fingerprint density at radius 2 is 1.95 bits per heavy atom. The molecule has 2 rings (SSSR count). The average Bonchev–Trinajstić information content (AvgIpc) is 2.49. The lowest BCUT2D eigenvalue weighted by molar-refractivity contribution is -0.144. The van der Waals surface area contributed by atoms with Gasteiger partial charge in [-0.1, -0.05) is 19.1 Å². The number of ether oxygens (including phenoxy) is 1. The molecule has 0 unspecified atom stereocenters. The van der Waals surface area contributed by atoms with Gasteiger partial charge in [0.1, 0.15) is 6.10 Å². The third-order valence-corrected chi connectivity index (χ3v) is 3.86. The summed E-state index contributed by atoms with van der Waals surface area (Å²) in [4.78, 5) is 11.5. The van der Waals surface area contributed by atoms with E-state index in [0.717, 1.165) is 37.7 Å². The fraction of sp³-hybridized carbons (Fsp3) is 0.471. The van der Waals surface area contributed by atoms with Crippen LogP contribution in [-0.2, 0) is 9.53 Å². The molecule has 1 fully saturated rings. The summed E-state index contributed by atoms with van der Waals surface area (Å²) in [7, 11) is 0. The molecule has 1 aliphatic rings. The molecule has 0 N–H and O–H groups in total. The van der Waals surface area contributed by atoms with Crippen LogP contribution in [0.15, 0.2) is 30.4 Å². The van der Waals surface area contributed by atoms with E-state index in [9.17, 15) is 13.6 Å². The molecule has 0 bridgehead atoms. The van der Waals surface area contributed by atoms with E-state index < -0.39 is 11.6 Å². The molecular formula is C17H20F2O2. The zero-order valence-electron chi connectivity index (χ0n) is 12.1. The van der Waals surface area contributed by atoms with Crippen LogP contribution >= 0.6 is 0 Å². The Morgan fingerprint density at radius 1 is 1.24 bits per heavy atom. The molecule has 1 aromatic rings. The Bertz CT molecular complexity index is 518. The summed E-state index contributed by atoms with van der Waals surface area (Å²) in [5.74, 6) is -1.70. The molecule has 0 radical (unpaired) electrons. The highest BCUT2D eigenvalue weighted by Gasteiger charge is 2.25. The van der Waals surface area contributed by atoms with Crippen molar-refractivity contribution in [2.75, 3.05) is 0 Å². The summed E-state index contributed by atoms with van der Waals surface area (Å²) in [6.45, 7) is 1.96. The van der Waals surface area contributed by atoms with Crippen LogP contribution in [0.1, 0.15) is 50.5 Å². The normalized spacial score (nSPS) is 22.4. The number of halogens is 2. The fourth-order valence-corrected chi connectivity index (χ4v) is 2.70. The van der Waals surface area contributed by atoms with Gasteiger partial charge in [-0.25, -0.2) is 13.6 Å². The molecule has 0 aliphatic heterocycles. The summed E-state index contributed by atoms with van der Waals surface area (Å²) in [5.41, 5.74) is 0.824. The largest absolute Gasteiger partial charge is 0.459 e. The minimum atomic E-state index is -0.816. The van der Waals surface area contributed by atoms with Gasteiger partial charge in [0, 0.05) is 6.08 Å². The van der Waals surface area contributed by atoms with Gasteiger partial charge in [0.2, 0.25) is 0 Å². The van der Waals surface area contributed by atoms with Crippen molar-refractivity contribution < 1.29 is 18.3 Å². The monoisotopic (exact) mass is 294 g/mol. The van der Waals surface area contributed by atoms with Crippen molar-refractivity contribution in [2.24, 2.45) is 0 Å². The van der Waals surface area contributed by atoms with Gasteiger partial charge in [-0.15, -0.1) is 0 Å². The number of hydrogen-bond donors (Lipinski definition) is 0. The summed E-state index contributed by atoms with van der Waals surface area (Å²) in [6.07, 6.45) is 7.13. The number of carbonyl (C=O) groups excluding carboxylic acids is 1. The molecule has 0 heterocycles. The van der Waals surface area contributed by atoms with Crippen LogP contribution in [-0.4, -0.2) is 12.1 Å². The van der Waals surface area contributed by atoms with Crippen LogP contribution in [0.2, 0.25) is 0 Å². The first-order chi connectivity index (χ1) is 10.1. The molecule has 2 nitrogen and oxygen atoms in total. The van der Waals surface area contributed by atoms with Gasteiger partial charge in [-0.05, 0) is 55.7 Å². The van der Waals surface area contributed by atoms with Crippen molar-refractivity contribution in [2.45, 2.75) is 51.0 Å². The van der Waals surface area contributed by atoms with Crippen molar-refractivity contribution in [3.05, 3.63) is 47.5 Å². The predicted octanol–water partition coefficient (Wildman–Crippen LogP) is 4.50. The molecule has 21 heavy (non-hydrogen) atoms. The van der Waals surface area contributed by atoms with Gasteiger partial charge in [0.05, 0.1) is 0 Å². The van der Waals surface area contributed by atoms with Gasteiger partial charge in [-0.3, -0.25) is 0 Å².